The molecule has 0 saturated carbocycles. The summed E-state index contributed by atoms with van der Waals surface area (Å²) in [7, 11) is 0. The second-order valence-electron chi connectivity index (χ2n) is 1.51. The van der Waals surface area contributed by atoms with Crippen molar-refractivity contribution in [2.45, 2.75) is 19.4 Å². The predicted octanol–water partition coefficient (Wildman–Crippen LogP) is 1.49. The van der Waals surface area contributed by atoms with Gasteiger partial charge in [-0.2, -0.15) is 0 Å². The molecule has 0 N–H and O–H groups in total. The van der Waals surface area contributed by atoms with Gasteiger partial charge in [0, 0.05) is 0 Å². The van der Waals surface area contributed by atoms with Crippen LogP contribution in [0.5, 0.6) is 0 Å². The van der Waals surface area contributed by atoms with Crippen LogP contribution < -0.4 is 0 Å². The molecule has 0 spiro atoms. The summed E-state index contributed by atoms with van der Waals surface area (Å²) in [5.41, 5.74) is 0. The molecule has 0 rings (SSSR count). The summed E-state index contributed by atoms with van der Waals surface area (Å²) in [5, 5.41) is 0. The number of rotatable bonds is 3. The lowest BCUT2D eigenvalue weighted by atomic mass is 10.5. The molecule has 0 aliphatic carbocycles. The van der Waals surface area contributed by atoms with Gasteiger partial charge in [0.25, 0.3) is 0 Å². The van der Waals surface area contributed by atoms with Crippen molar-refractivity contribution in [2.75, 3.05) is 6.67 Å². The maximum Gasteiger partial charge on any atom is 0.227 e. The summed E-state index contributed by atoms with van der Waals surface area (Å²) in [6.45, 7) is 3.74. The van der Waals surface area contributed by atoms with Crippen molar-refractivity contribution < 1.29 is 13.5 Å². The van der Waals surface area contributed by atoms with Gasteiger partial charge in [-0.1, -0.05) is 0 Å². The Balaban J connectivity index is 3.10. The zero-order chi connectivity index (χ0) is 6.57. The maximum atomic E-state index is 11.7. The molecule has 0 amide bonds. The molecule has 8 heavy (non-hydrogen) atoms. The van der Waals surface area contributed by atoms with Gasteiger partial charge in [-0.25, -0.2) is 8.78 Å². The molecule has 3 heteroatoms. The molecule has 0 fully saturated rings. The molecular weight excluding hydrogens is 114 g/mol. The number of hydrogen-bond donors (Lipinski definition) is 0. The van der Waals surface area contributed by atoms with Crippen LogP contribution in [-0.2, 0) is 4.74 Å². The first-order valence-corrected chi connectivity index (χ1v) is 2.35. The van der Waals surface area contributed by atoms with Crippen molar-refractivity contribution in [3.05, 3.63) is 6.92 Å². The quantitative estimate of drug-likeness (QED) is 0.552. The molecule has 1 radical (unpaired) electrons. The first kappa shape index (κ1) is 7.82. The van der Waals surface area contributed by atoms with E-state index in [-0.39, 0.29) is 0 Å². The van der Waals surface area contributed by atoms with Crippen molar-refractivity contribution in [2.24, 2.45) is 0 Å². The molecule has 2 unspecified atom stereocenters. The third kappa shape index (κ3) is 3.99. The van der Waals surface area contributed by atoms with Gasteiger partial charge < -0.3 is 4.74 Å². The van der Waals surface area contributed by atoms with E-state index >= 15 is 0 Å². The van der Waals surface area contributed by atoms with Crippen LogP contribution in [0, 0.1) is 6.92 Å². The highest BCUT2D eigenvalue weighted by atomic mass is 19.2. The van der Waals surface area contributed by atoms with E-state index in [0.29, 0.717) is 0 Å². The molecule has 0 aromatic heterocycles. The standard InChI is InChI=1S/C5H9F2O/c1-4(2)8-5(7)3-6/h4-5H,1,3H2,2H3. The van der Waals surface area contributed by atoms with Crippen molar-refractivity contribution in [1.29, 1.82) is 0 Å². The van der Waals surface area contributed by atoms with Gasteiger partial charge >= 0.3 is 0 Å². The topological polar surface area (TPSA) is 9.23 Å². The van der Waals surface area contributed by atoms with Gasteiger partial charge in [0.05, 0.1) is 6.10 Å². The van der Waals surface area contributed by atoms with Gasteiger partial charge in [0.1, 0.15) is 6.67 Å². The van der Waals surface area contributed by atoms with Crippen LogP contribution in [0.25, 0.3) is 0 Å². The Morgan fingerprint density at radius 3 is 2.38 bits per heavy atom. The fourth-order valence-electron chi connectivity index (χ4n) is 0.288. The van der Waals surface area contributed by atoms with E-state index in [0.717, 1.165) is 0 Å². The zero-order valence-electron chi connectivity index (χ0n) is 4.73. The maximum absolute atomic E-state index is 11.7. The highest BCUT2D eigenvalue weighted by Crippen LogP contribution is 1.98. The summed E-state index contributed by atoms with van der Waals surface area (Å²) in [5.74, 6) is 0. The van der Waals surface area contributed by atoms with Crippen LogP contribution in [0.1, 0.15) is 6.92 Å². The van der Waals surface area contributed by atoms with E-state index in [4.69, 9.17) is 0 Å². The highest BCUT2D eigenvalue weighted by molar-refractivity contribution is 4.50. The molecule has 49 valence electrons. The normalized spacial score (nSPS) is 14.6. The Morgan fingerprint density at radius 1 is 1.75 bits per heavy atom. The minimum Gasteiger partial charge on any atom is -0.343 e. The Kier molecular flexibility index (Phi) is 3.69. The van der Waals surface area contributed by atoms with Gasteiger partial charge in [0.2, 0.25) is 6.36 Å². The second kappa shape index (κ2) is 3.78. The first-order chi connectivity index (χ1) is 3.66. The van der Waals surface area contributed by atoms with Crippen LogP contribution in [0.2, 0.25) is 0 Å². The third-order valence-electron chi connectivity index (χ3n) is 0.501. The lowest BCUT2D eigenvalue weighted by Crippen LogP contribution is -2.14. The van der Waals surface area contributed by atoms with E-state index < -0.39 is 19.1 Å². The average Bonchev–Trinajstić information content (AvgIpc) is 1.65. The smallest absolute Gasteiger partial charge is 0.227 e. The fourth-order valence-corrected chi connectivity index (χ4v) is 0.288. The van der Waals surface area contributed by atoms with Crippen molar-refractivity contribution in [3.63, 3.8) is 0 Å². The Labute approximate surface area is 47.6 Å². The fraction of sp³-hybridized carbons (Fsp3) is 0.800. The van der Waals surface area contributed by atoms with Gasteiger partial charge in [-0.15, -0.1) is 0 Å². The lowest BCUT2D eigenvalue weighted by molar-refractivity contribution is -0.0735. The summed E-state index contributed by atoms with van der Waals surface area (Å²) < 4.78 is 27.2. The molecule has 0 aromatic carbocycles. The molecule has 2 atom stereocenters. The average molecular weight is 123 g/mol. The summed E-state index contributed by atoms with van der Waals surface area (Å²) in [6.07, 6.45) is -2.29. The van der Waals surface area contributed by atoms with Gasteiger partial charge in [-0.05, 0) is 13.8 Å². The Bertz CT molecular complexity index is 56.4. The molecule has 0 heterocycles. The highest BCUT2D eigenvalue weighted by Gasteiger charge is 2.05. The zero-order valence-corrected chi connectivity index (χ0v) is 4.73. The van der Waals surface area contributed by atoms with E-state index in [1.165, 1.54) is 0 Å². The monoisotopic (exact) mass is 123 g/mol. The molecular formula is C5H9F2O. The Hall–Kier alpha value is -0.180. The first-order valence-electron chi connectivity index (χ1n) is 2.35. The van der Waals surface area contributed by atoms with Crippen molar-refractivity contribution in [1.82, 2.24) is 0 Å². The Morgan fingerprint density at radius 2 is 2.25 bits per heavy atom. The SMILES string of the molecule is [CH2]C(C)OC(F)CF. The summed E-state index contributed by atoms with van der Waals surface area (Å²) in [4.78, 5) is 0. The summed E-state index contributed by atoms with van der Waals surface area (Å²) >= 11 is 0. The largest absolute Gasteiger partial charge is 0.343 e. The van der Waals surface area contributed by atoms with E-state index in [1.807, 2.05) is 0 Å². The minimum atomic E-state index is -1.80. The van der Waals surface area contributed by atoms with Crippen LogP contribution in [0.3, 0.4) is 0 Å². The van der Waals surface area contributed by atoms with Crippen molar-refractivity contribution >= 4 is 0 Å². The lowest BCUT2D eigenvalue weighted by Gasteiger charge is -2.07. The molecule has 0 aromatic rings. The molecule has 0 saturated heterocycles. The molecule has 0 aliphatic heterocycles. The van der Waals surface area contributed by atoms with E-state index in [2.05, 4.69) is 11.7 Å². The predicted molar refractivity (Wildman–Crippen MR) is 26.8 cm³/mol. The molecule has 0 bridgehead atoms. The minimum absolute atomic E-state index is 0.485. The third-order valence-corrected chi connectivity index (χ3v) is 0.501. The number of alkyl halides is 2. The van der Waals surface area contributed by atoms with Crippen LogP contribution in [0.15, 0.2) is 0 Å². The van der Waals surface area contributed by atoms with Crippen LogP contribution in [0.4, 0.5) is 8.78 Å². The van der Waals surface area contributed by atoms with Crippen LogP contribution in [-0.4, -0.2) is 19.1 Å². The molecule has 0 aliphatic rings. The number of hydrogen-bond acceptors (Lipinski definition) is 1. The van der Waals surface area contributed by atoms with Gasteiger partial charge in [-0.3, -0.25) is 0 Å². The van der Waals surface area contributed by atoms with Crippen molar-refractivity contribution in [3.8, 4) is 0 Å². The van der Waals surface area contributed by atoms with E-state index in [9.17, 15) is 8.78 Å². The van der Waals surface area contributed by atoms with Gasteiger partial charge in [0.15, 0.2) is 0 Å². The second-order valence-corrected chi connectivity index (χ2v) is 1.51. The number of ether oxygens (including phenoxy) is 1. The summed E-state index contributed by atoms with van der Waals surface area (Å²) in [6, 6.07) is 0. The van der Waals surface area contributed by atoms with E-state index in [1.54, 1.807) is 6.92 Å². The van der Waals surface area contributed by atoms with Crippen LogP contribution >= 0.6 is 0 Å². The molecule has 1 nitrogen and oxygen atoms in total. The number of halogens is 2.